The molecular formula is C13H17NO4. The van der Waals surface area contributed by atoms with Crippen molar-refractivity contribution in [1.29, 1.82) is 0 Å². The van der Waals surface area contributed by atoms with E-state index in [0.29, 0.717) is 19.5 Å². The maximum absolute atomic E-state index is 10.8. The van der Waals surface area contributed by atoms with Gasteiger partial charge in [0.05, 0.1) is 5.92 Å². The fraction of sp³-hybridized carbons (Fsp3) is 0.462. The molecule has 0 spiro atoms. The molecule has 0 saturated heterocycles. The van der Waals surface area contributed by atoms with Gasteiger partial charge in [-0.2, -0.15) is 0 Å². The minimum atomic E-state index is -0.754. The number of hydrogen-bond donors (Lipinski definition) is 2. The van der Waals surface area contributed by atoms with Crippen LogP contribution in [0.4, 0.5) is 0 Å². The molecule has 2 rings (SSSR count). The Bertz CT molecular complexity index is 433. The number of nitrogens with one attached hydrogen (secondary N) is 1. The molecule has 0 saturated carbocycles. The molecule has 98 valence electrons. The fourth-order valence-corrected chi connectivity index (χ4v) is 1.85. The molecule has 1 aromatic carbocycles. The van der Waals surface area contributed by atoms with E-state index >= 15 is 0 Å². The molecule has 0 aromatic heterocycles. The maximum atomic E-state index is 10.8. The molecule has 0 amide bonds. The van der Waals surface area contributed by atoms with Gasteiger partial charge in [-0.1, -0.05) is 13.0 Å². The van der Waals surface area contributed by atoms with E-state index in [1.54, 1.807) is 0 Å². The highest BCUT2D eigenvalue weighted by molar-refractivity contribution is 5.70. The van der Waals surface area contributed by atoms with Gasteiger partial charge in [-0.05, 0) is 24.1 Å². The number of carboxylic acid groups (broad SMARTS) is 1. The summed E-state index contributed by atoms with van der Waals surface area (Å²) in [5.41, 5.74) is 1.06. The number of ether oxygens (including phenoxy) is 2. The predicted molar refractivity (Wildman–Crippen MR) is 65.7 cm³/mol. The van der Waals surface area contributed by atoms with Crippen molar-refractivity contribution >= 4 is 5.97 Å². The summed E-state index contributed by atoms with van der Waals surface area (Å²) in [6, 6.07) is 5.73. The van der Waals surface area contributed by atoms with Crippen LogP contribution in [0.15, 0.2) is 18.2 Å². The van der Waals surface area contributed by atoms with E-state index in [1.807, 2.05) is 25.1 Å². The van der Waals surface area contributed by atoms with Gasteiger partial charge in [0, 0.05) is 13.1 Å². The Morgan fingerprint density at radius 3 is 2.94 bits per heavy atom. The smallest absolute Gasteiger partial charge is 0.307 e. The Morgan fingerprint density at radius 2 is 2.22 bits per heavy atom. The molecule has 0 fully saturated rings. The number of benzene rings is 1. The zero-order valence-corrected chi connectivity index (χ0v) is 10.3. The lowest BCUT2D eigenvalue weighted by Crippen LogP contribution is -2.27. The van der Waals surface area contributed by atoms with E-state index < -0.39 is 5.97 Å². The summed E-state index contributed by atoms with van der Waals surface area (Å²) >= 11 is 0. The van der Waals surface area contributed by atoms with Crippen LogP contribution in [0, 0.1) is 5.92 Å². The molecule has 1 atom stereocenters. The first kappa shape index (κ1) is 12.7. The van der Waals surface area contributed by atoms with Gasteiger partial charge in [0.15, 0.2) is 11.5 Å². The van der Waals surface area contributed by atoms with Crippen molar-refractivity contribution in [2.75, 3.05) is 13.3 Å². The number of aliphatic carboxylic acids is 1. The molecular weight excluding hydrogens is 234 g/mol. The van der Waals surface area contributed by atoms with Crippen LogP contribution in [0.25, 0.3) is 0 Å². The second kappa shape index (κ2) is 5.73. The number of carbonyl (C=O) groups is 1. The van der Waals surface area contributed by atoms with Crippen LogP contribution >= 0.6 is 0 Å². The summed E-state index contributed by atoms with van der Waals surface area (Å²) in [6.07, 6.45) is 0.628. The van der Waals surface area contributed by atoms with E-state index in [1.165, 1.54) is 0 Å². The molecule has 0 radical (unpaired) electrons. The van der Waals surface area contributed by atoms with Crippen LogP contribution in [0.3, 0.4) is 0 Å². The topological polar surface area (TPSA) is 67.8 Å². The first-order valence-corrected chi connectivity index (χ1v) is 6.02. The van der Waals surface area contributed by atoms with Crippen molar-refractivity contribution in [3.8, 4) is 11.5 Å². The van der Waals surface area contributed by atoms with E-state index in [-0.39, 0.29) is 12.7 Å². The van der Waals surface area contributed by atoms with Crippen molar-refractivity contribution in [3.05, 3.63) is 23.8 Å². The van der Waals surface area contributed by atoms with Gasteiger partial charge in [0.25, 0.3) is 0 Å². The SMILES string of the molecule is CCC(CNCc1ccc2c(c1)OCO2)C(=O)O. The second-order valence-electron chi connectivity index (χ2n) is 4.26. The summed E-state index contributed by atoms with van der Waals surface area (Å²) < 4.78 is 10.5. The van der Waals surface area contributed by atoms with Gasteiger partial charge in [0.2, 0.25) is 6.79 Å². The van der Waals surface area contributed by atoms with Crippen LogP contribution in [-0.2, 0) is 11.3 Å². The third-order valence-electron chi connectivity index (χ3n) is 3.00. The molecule has 18 heavy (non-hydrogen) atoms. The lowest BCUT2D eigenvalue weighted by atomic mass is 10.1. The normalized spacial score (nSPS) is 14.5. The summed E-state index contributed by atoms with van der Waals surface area (Å²) in [6.45, 7) is 3.24. The molecule has 0 aliphatic carbocycles. The van der Waals surface area contributed by atoms with Crippen LogP contribution in [0.5, 0.6) is 11.5 Å². The van der Waals surface area contributed by atoms with Gasteiger partial charge in [-0.15, -0.1) is 0 Å². The van der Waals surface area contributed by atoms with Gasteiger partial charge in [0.1, 0.15) is 0 Å². The summed E-state index contributed by atoms with van der Waals surface area (Å²) in [7, 11) is 0. The number of fused-ring (bicyclic) bond motifs is 1. The van der Waals surface area contributed by atoms with Crippen LogP contribution < -0.4 is 14.8 Å². The quantitative estimate of drug-likeness (QED) is 0.804. The highest BCUT2D eigenvalue weighted by Gasteiger charge is 2.15. The first-order chi connectivity index (χ1) is 8.70. The molecule has 1 aliphatic heterocycles. The molecule has 1 unspecified atom stereocenters. The third kappa shape index (κ3) is 2.92. The van der Waals surface area contributed by atoms with Crippen LogP contribution in [-0.4, -0.2) is 24.4 Å². The third-order valence-corrected chi connectivity index (χ3v) is 3.00. The highest BCUT2D eigenvalue weighted by atomic mass is 16.7. The fourth-order valence-electron chi connectivity index (χ4n) is 1.85. The Kier molecular flexibility index (Phi) is 4.04. The van der Waals surface area contributed by atoms with Crippen molar-refractivity contribution in [1.82, 2.24) is 5.32 Å². The average molecular weight is 251 g/mol. The van der Waals surface area contributed by atoms with Gasteiger partial charge >= 0.3 is 5.97 Å². The molecule has 0 bridgehead atoms. The monoisotopic (exact) mass is 251 g/mol. The van der Waals surface area contributed by atoms with E-state index in [0.717, 1.165) is 17.1 Å². The number of hydrogen-bond acceptors (Lipinski definition) is 4. The van der Waals surface area contributed by atoms with Gasteiger partial charge in [-0.3, -0.25) is 4.79 Å². The largest absolute Gasteiger partial charge is 0.481 e. The standard InChI is InChI=1S/C13H17NO4/c1-2-10(13(15)16)7-14-6-9-3-4-11-12(5-9)18-8-17-11/h3-5,10,14H,2,6-8H2,1H3,(H,15,16). The van der Waals surface area contributed by atoms with E-state index in [4.69, 9.17) is 14.6 Å². The minimum Gasteiger partial charge on any atom is -0.481 e. The maximum Gasteiger partial charge on any atom is 0.307 e. The summed E-state index contributed by atoms with van der Waals surface area (Å²) in [5.74, 6) is 0.421. The minimum absolute atomic E-state index is 0.267. The number of carboxylic acids is 1. The molecule has 2 N–H and O–H groups in total. The van der Waals surface area contributed by atoms with Crippen molar-refractivity contribution in [2.24, 2.45) is 5.92 Å². The van der Waals surface area contributed by atoms with Crippen LogP contribution in [0.1, 0.15) is 18.9 Å². The first-order valence-electron chi connectivity index (χ1n) is 6.02. The summed E-state index contributed by atoms with van der Waals surface area (Å²) in [5, 5.41) is 12.1. The molecule has 1 aromatic rings. The highest BCUT2D eigenvalue weighted by Crippen LogP contribution is 2.32. The van der Waals surface area contributed by atoms with Gasteiger partial charge < -0.3 is 19.9 Å². The predicted octanol–water partition coefficient (Wildman–Crippen LogP) is 1.62. The molecule has 1 aliphatic rings. The number of rotatable bonds is 6. The van der Waals surface area contributed by atoms with Crippen molar-refractivity contribution in [2.45, 2.75) is 19.9 Å². The Morgan fingerprint density at radius 1 is 1.44 bits per heavy atom. The average Bonchev–Trinajstić information content (AvgIpc) is 2.81. The van der Waals surface area contributed by atoms with Crippen molar-refractivity contribution in [3.63, 3.8) is 0 Å². The second-order valence-corrected chi connectivity index (χ2v) is 4.26. The Labute approximate surface area is 106 Å². The zero-order chi connectivity index (χ0) is 13.0. The molecule has 5 heteroatoms. The summed E-state index contributed by atoms with van der Waals surface area (Å²) in [4.78, 5) is 10.8. The van der Waals surface area contributed by atoms with E-state index in [9.17, 15) is 4.79 Å². The van der Waals surface area contributed by atoms with Crippen molar-refractivity contribution < 1.29 is 19.4 Å². The Balaban J connectivity index is 1.85. The van der Waals surface area contributed by atoms with Gasteiger partial charge in [-0.25, -0.2) is 0 Å². The molecule has 1 heterocycles. The Hall–Kier alpha value is -1.75. The lowest BCUT2D eigenvalue weighted by Gasteiger charge is -2.11. The van der Waals surface area contributed by atoms with E-state index in [2.05, 4.69) is 5.32 Å². The van der Waals surface area contributed by atoms with Crippen LogP contribution in [0.2, 0.25) is 0 Å². The zero-order valence-electron chi connectivity index (χ0n) is 10.3. The molecule has 5 nitrogen and oxygen atoms in total. The lowest BCUT2D eigenvalue weighted by molar-refractivity contribution is -0.141.